The first-order valence-electron chi connectivity index (χ1n) is 6.73. The molecule has 0 amide bonds. The van der Waals surface area contributed by atoms with Gasteiger partial charge >= 0.3 is 0 Å². The van der Waals surface area contributed by atoms with Crippen molar-refractivity contribution in [2.24, 2.45) is 0 Å². The quantitative estimate of drug-likeness (QED) is 0.563. The summed E-state index contributed by atoms with van der Waals surface area (Å²) in [5.41, 5.74) is 0. The van der Waals surface area contributed by atoms with Gasteiger partial charge in [-0.2, -0.15) is 23.5 Å². The molecule has 1 heterocycles. The van der Waals surface area contributed by atoms with Crippen molar-refractivity contribution in [3.8, 4) is 12.3 Å². The fourth-order valence-corrected chi connectivity index (χ4v) is 5.68. The fraction of sp³-hybridized carbons (Fsp3) is 0.857. The number of terminal acetylenes is 1. The second kappa shape index (κ2) is 9.19. The predicted octanol–water partition coefficient (Wildman–Crippen LogP) is 3.40. The van der Waals surface area contributed by atoms with E-state index < -0.39 is 0 Å². The molecule has 0 aromatic heterocycles. The molecule has 0 bridgehead atoms. The third-order valence-electron chi connectivity index (χ3n) is 3.19. The van der Waals surface area contributed by atoms with Gasteiger partial charge in [-0.1, -0.05) is 13.8 Å². The lowest BCUT2D eigenvalue weighted by Gasteiger charge is -2.36. The minimum Gasteiger partial charge on any atom is -0.313 e. The zero-order chi connectivity index (χ0) is 12.5. The highest BCUT2D eigenvalue weighted by Gasteiger charge is 2.31. The maximum Gasteiger partial charge on any atom is 0.0320 e. The smallest absolute Gasteiger partial charge is 0.0320 e. The average Bonchev–Trinajstić information content (AvgIpc) is 2.38. The van der Waals surface area contributed by atoms with Crippen molar-refractivity contribution >= 4 is 23.5 Å². The van der Waals surface area contributed by atoms with Crippen LogP contribution in [0.25, 0.3) is 0 Å². The highest BCUT2D eigenvalue weighted by atomic mass is 32.2. The molecule has 0 aliphatic carbocycles. The van der Waals surface area contributed by atoms with Crippen molar-refractivity contribution in [2.75, 3.05) is 18.1 Å². The van der Waals surface area contributed by atoms with E-state index in [1.807, 2.05) is 0 Å². The van der Waals surface area contributed by atoms with Crippen LogP contribution in [0.4, 0.5) is 0 Å². The Hall–Kier alpha value is 0.220. The second-order valence-electron chi connectivity index (χ2n) is 4.41. The van der Waals surface area contributed by atoms with Gasteiger partial charge in [0.25, 0.3) is 0 Å². The van der Waals surface area contributed by atoms with Crippen molar-refractivity contribution < 1.29 is 0 Å². The molecule has 0 aromatic rings. The summed E-state index contributed by atoms with van der Waals surface area (Å²) in [6.45, 7) is 5.59. The van der Waals surface area contributed by atoms with Gasteiger partial charge in [-0.3, -0.25) is 0 Å². The van der Waals surface area contributed by atoms with Gasteiger partial charge in [0.1, 0.15) is 0 Å². The van der Waals surface area contributed by atoms with Crippen molar-refractivity contribution in [1.29, 1.82) is 0 Å². The van der Waals surface area contributed by atoms with Gasteiger partial charge in [0.05, 0.1) is 0 Å². The Kier molecular flexibility index (Phi) is 8.26. The van der Waals surface area contributed by atoms with E-state index in [1.165, 1.54) is 24.3 Å². The van der Waals surface area contributed by atoms with E-state index in [1.54, 1.807) is 0 Å². The minimum absolute atomic E-state index is 0.649. The first-order valence-corrected chi connectivity index (χ1v) is 8.83. The van der Waals surface area contributed by atoms with Crippen LogP contribution in [0.5, 0.6) is 0 Å². The lowest BCUT2D eigenvalue weighted by Crippen LogP contribution is -2.45. The Morgan fingerprint density at radius 3 is 2.76 bits per heavy atom. The molecule has 1 rings (SSSR count). The van der Waals surface area contributed by atoms with E-state index in [9.17, 15) is 0 Å². The predicted molar refractivity (Wildman–Crippen MR) is 82.9 cm³/mol. The average molecular weight is 271 g/mol. The summed E-state index contributed by atoms with van der Waals surface area (Å²) < 4.78 is 0. The van der Waals surface area contributed by atoms with Crippen LogP contribution in [0, 0.1) is 12.3 Å². The van der Waals surface area contributed by atoms with Crippen LogP contribution >= 0.6 is 23.5 Å². The van der Waals surface area contributed by atoms with Crippen LogP contribution in [0.15, 0.2) is 0 Å². The molecule has 1 nitrogen and oxygen atoms in total. The summed E-state index contributed by atoms with van der Waals surface area (Å²) in [5, 5.41) is 5.27. The number of thioether (sulfide) groups is 2. The molecule has 3 unspecified atom stereocenters. The maximum absolute atomic E-state index is 5.34. The molecule has 0 spiro atoms. The van der Waals surface area contributed by atoms with E-state index in [-0.39, 0.29) is 0 Å². The highest BCUT2D eigenvalue weighted by molar-refractivity contribution is 8.07. The van der Waals surface area contributed by atoms with Gasteiger partial charge < -0.3 is 5.32 Å². The lowest BCUT2D eigenvalue weighted by atomic mass is 10.0. The van der Waals surface area contributed by atoms with Crippen molar-refractivity contribution in [2.45, 2.75) is 56.1 Å². The van der Waals surface area contributed by atoms with Gasteiger partial charge in [-0.25, -0.2) is 0 Å². The normalized spacial score (nSPS) is 26.4. The number of unbranched alkanes of at least 4 members (excludes halogenated alkanes) is 1. The third kappa shape index (κ3) is 5.16. The lowest BCUT2D eigenvalue weighted by molar-refractivity contribution is 0.455. The first kappa shape index (κ1) is 15.3. The summed E-state index contributed by atoms with van der Waals surface area (Å²) in [4.78, 5) is 0. The monoisotopic (exact) mass is 271 g/mol. The molecule has 1 aliphatic rings. The molecule has 1 N–H and O–H groups in total. The number of hydrogen-bond donors (Lipinski definition) is 1. The van der Waals surface area contributed by atoms with Crippen LogP contribution in [-0.4, -0.2) is 34.6 Å². The molecule has 0 radical (unpaired) electrons. The summed E-state index contributed by atoms with van der Waals surface area (Å²) >= 11 is 4.33. The molecule has 3 atom stereocenters. The van der Waals surface area contributed by atoms with Crippen molar-refractivity contribution in [1.82, 2.24) is 5.32 Å². The van der Waals surface area contributed by atoms with Crippen LogP contribution in [0.3, 0.4) is 0 Å². The van der Waals surface area contributed by atoms with Crippen molar-refractivity contribution in [3.63, 3.8) is 0 Å². The van der Waals surface area contributed by atoms with E-state index in [0.29, 0.717) is 6.04 Å². The van der Waals surface area contributed by atoms with Gasteiger partial charge in [-0.05, 0) is 25.8 Å². The number of nitrogens with one attached hydrogen (secondary N) is 1. The molecule has 1 saturated heterocycles. The number of hydrogen-bond acceptors (Lipinski definition) is 3. The maximum atomic E-state index is 5.34. The Morgan fingerprint density at radius 1 is 1.35 bits per heavy atom. The fourth-order valence-electron chi connectivity index (χ4n) is 2.38. The molecule has 1 fully saturated rings. The summed E-state index contributed by atoms with van der Waals surface area (Å²) in [7, 11) is 0. The van der Waals surface area contributed by atoms with Gasteiger partial charge in [0.15, 0.2) is 0 Å². The molecule has 98 valence electrons. The number of rotatable bonds is 7. The van der Waals surface area contributed by atoms with Crippen LogP contribution in [-0.2, 0) is 0 Å². The molecule has 3 heteroatoms. The molecule has 1 aliphatic heterocycles. The van der Waals surface area contributed by atoms with Gasteiger partial charge in [0.2, 0.25) is 0 Å². The minimum atomic E-state index is 0.649. The van der Waals surface area contributed by atoms with Crippen LogP contribution < -0.4 is 5.32 Å². The highest BCUT2D eigenvalue weighted by Crippen LogP contribution is 2.36. The Labute approximate surface area is 115 Å². The second-order valence-corrected chi connectivity index (χ2v) is 7.05. The van der Waals surface area contributed by atoms with E-state index >= 15 is 0 Å². The largest absolute Gasteiger partial charge is 0.313 e. The third-order valence-corrected chi connectivity index (χ3v) is 6.60. The molecular formula is C14H25NS2. The van der Waals surface area contributed by atoms with Crippen LogP contribution in [0.2, 0.25) is 0 Å². The van der Waals surface area contributed by atoms with Crippen molar-refractivity contribution in [3.05, 3.63) is 0 Å². The topological polar surface area (TPSA) is 12.0 Å². The molecule has 17 heavy (non-hydrogen) atoms. The first-order chi connectivity index (χ1) is 8.33. The Morgan fingerprint density at radius 2 is 2.12 bits per heavy atom. The SMILES string of the molecule is C#CCCCC(NCC)C1SCCSC1CC. The zero-order valence-corrected chi connectivity index (χ0v) is 12.7. The summed E-state index contributed by atoms with van der Waals surface area (Å²) in [5.74, 6) is 5.38. The molecule has 0 saturated carbocycles. The van der Waals surface area contributed by atoms with Gasteiger partial charge in [-0.15, -0.1) is 12.3 Å². The molecule has 0 aromatic carbocycles. The zero-order valence-electron chi connectivity index (χ0n) is 11.1. The van der Waals surface area contributed by atoms with E-state index in [2.05, 4.69) is 48.6 Å². The van der Waals surface area contributed by atoms with E-state index in [0.717, 1.165) is 29.9 Å². The standard InChI is InChI=1S/C14H25NS2/c1-4-7-8-9-12(15-6-3)14-13(5-2)16-10-11-17-14/h1,12-15H,5-11H2,2-3H3. The summed E-state index contributed by atoms with van der Waals surface area (Å²) in [6, 6.07) is 0.649. The van der Waals surface area contributed by atoms with E-state index in [4.69, 9.17) is 6.42 Å². The summed E-state index contributed by atoms with van der Waals surface area (Å²) in [6.07, 6.45) is 9.94. The molecular weight excluding hydrogens is 246 g/mol. The Balaban J connectivity index is 2.50. The van der Waals surface area contributed by atoms with Crippen LogP contribution in [0.1, 0.15) is 39.5 Å². The van der Waals surface area contributed by atoms with Gasteiger partial charge in [0, 0.05) is 34.5 Å². The Bertz CT molecular complexity index is 237.